The van der Waals surface area contributed by atoms with Crippen LogP contribution in [0.1, 0.15) is 0 Å². The van der Waals surface area contributed by atoms with E-state index in [1.807, 2.05) is 0 Å². The van der Waals surface area contributed by atoms with Crippen LogP contribution in [0.4, 0.5) is 0 Å². The van der Waals surface area contributed by atoms with E-state index in [1.165, 1.54) is 10.8 Å². The number of aromatic nitrogens is 6. The van der Waals surface area contributed by atoms with Crippen molar-refractivity contribution < 1.29 is 0 Å². The molecule has 4 aromatic rings. The standard InChI is InChI=1S/C12H7ClN6O/c13-7-3-1-6(2-4-7)9-16-11-8-10(15-5-14-8)17-12(20)19(11)18-9/h1-5H,(H,14,15)(H,17,20). The first-order valence-electron chi connectivity index (χ1n) is 5.80. The quantitative estimate of drug-likeness (QED) is 0.556. The van der Waals surface area contributed by atoms with Crippen LogP contribution < -0.4 is 5.69 Å². The number of H-pyrrole nitrogens is 2. The summed E-state index contributed by atoms with van der Waals surface area (Å²) in [5.41, 5.74) is 1.93. The fourth-order valence-corrected chi connectivity index (χ4v) is 2.18. The lowest BCUT2D eigenvalue weighted by molar-refractivity contribution is 0.882. The first-order valence-corrected chi connectivity index (χ1v) is 6.18. The number of hydrogen-bond donors (Lipinski definition) is 2. The van der Waals surface area contributed by atoms with Gasteiger partial charge in [0.25, 0.3) is 0 Å². The molecule has 0 atom stereocenters. The van der Waals surface area contributed by atoms with E-state index in [0.717, 1.165) is 5.56 Å². The van der Waals surface area contributed by atoms with Gasteiger partial charge in [-0.25, -0.2) is 14.8 Å². The monoisotopic (exact) mass is 286 g/mol. The SMILES string of the molecule is O=c1[nH]c2nc[nH]c2c2nc(-c3ccc(Cl)cc3)nn12. The number of fused-ring (bicyclic) bond motifs is 3. The first-order chi connectivity index (χ1) is 9.72. The number of imidazole rings is 1. The third kappa shape index (κ3) is 1.53. The molecule has 8 heteroatoms. The molecule has 0 radical (unpaired) electrons. The molecule has 0 aliphatic rings. The molecule has 0 unspecified atom stereocenters. The molecule has 0 aliphatic heterocycles. The molecule has 3 heterocycles. The molecule has 0 amide bonds. The van der Waals surface area contributed by atoms with Gasteiger partial charge < -0.3 is 4.98 Å². The molecular formula is C12H7ClN6O. The molecule has 0 fully saturated rings. The number of hydrogen-bond acceptors (Lipinski definition) is 4. The van der Waals surface area contributed by atoms with Crippen molar-refractivity contribution >= 4 is 28.4 Å². The maximum atomic E-state index is 11.9. The van der Waals surface area contributed by atoms with E-state index >= 15 is 0 Å². The van der Waals surface area contributed by atoms with E-state index in [2.05, 4.69) is 25.0 Å². The van der Waals surface area contributed by atoms with Crippen LogP contribution in [0.5, 0.6) is 0 Å². The molecule has 0 saturated carbocycles. The van der Waals surface area contributed by atoms with Gasteiger partial charge >= 0.3 is 5.69 Å². The zero-order valence-corrected chi connectivity index (χ0v) is 10.7. The molecule has 4 rings (SSSR count). The maximum absolute atomic E-state index is 11.9. The second-order valence-corrected chi connectivity index (χ2v) is 4.67. The van der Waals surface area contributed by atoms with Gasteiger partial charge in [0.15, 0.2) is 17.1 Å². The van der Waals surface area contributed by atoms with Crippen LogP contribution in [0.15, 0.2) is 35.4 Å². The zero-order valence-electron chi connectivity index (χ0n) is 9.96. The Bertz CT molecular complexity index is 981. The number of rotatable bonds is 1. The summed E-state index contributed by atoms with van der Waals surface area (Å²) < 4.78 is 1.21. The van der Waals surface area contributed by atoms with Crippen molar-refractivity contribution in [3.63, 3.8) is 0 Å². The number of benzene rings is 1. The van der Waals surface area contributed by atoms with Crippen molar-refractivity contribution in [1.29, 1.82) is 0 Å². The Hall–Kier alpha value is -2.67. The normalized spacial score (nSPS) is 11.4. The summed E-state index contributed by atoms with van der Waals surface area (Å²) in [6, 6.07) is 7.10. The predicted octanol–water partition coefficient (Wildman–Crippen LogP) is 1.61. The number of aromatic amines is 2. The molecular weight excluding hydrogens is 280 g/mol. The van der Waals surface area contributed by atoms with Crippen LogP contribution in [0.2, 0.25) is 5.02 Å². The molecule has 0 aliphatic carbocycles. The summed E-state index contributed by atoms with van der Waals surface area (Å²) in [6.07, 6.45) is 1.50. The highest BCUT2D eigenvalue weighted by atomic mass is 35.5. The smallest absolute Gasteiger partial charge is 0.340 e. The molecule has 2 N–H and O–H groups in total. The van der Waals surface area contributed by atoms with Crippen molar-refractivity contribution in [2.24, 2.45) is 0 Å². The van der Waals surface area contributed by atoms with Gasteiger partial charge in [-0.2, -0.15) is 4.52 Å². The van der Waals surface area contributed by atoms with E-state index in [0.29, 0.717) is 27.7 Å². The lowest BCUT2D eigenvalue weighted by Crippen LogP contribution is -2.17. The van der Waals surface area contributed by atoms with Crippen molar-refractivity contribution in [2.45, 2.75) is 0 Å². The van der Waals surface area contributed by atoms with Crippen LogP contribution in [-0.4, -0.2) is 29.5 Å². The van der Waals surface area contributed by atoms with Crippen LogP contribution in [0.3, 0.4) is 0 Å². The van der Waals surface area contributed by atoms with Crippen molar-refractivity contribution in [3.05, 3.63) is 46.1 Å². The van der Waals surface area contributed by atoms with Crippen LogP contribution in [0.25, 0.3) is 28.2 Å². The average molecular weight is 287 g/mol. The van der Waals surface area contributed by atoms with Gasteiger partial charge in [-0.1, -0.05) is 11.6 Å². The fraction of sp³-hybridized carbons (Fsp3) is 0. The van der Waals surface area contributed by atoms with Crippen molar-refractivity contribution in [3.8, 4) is 11.4 Å². The van der Waals surface area contributed by atoms with Gasteiger partial charge in [-0.05, 0) is 24.3 Å². The lowest BCUT2D eigenvalue weighted by atomic mass is 10.2. The Morgan fingerprint density at radius 2 is 2.00 bits per heavy atom. The fourth-order valence-electron chi connectivity index (χ4n) is 2.05. The highest BCUT2D eigenvalue weighted by Crippen LogP contribution is 2.20. The summed E-state index contributed by atoms with van der Waals surface area (Å²) in [4.78, 5) is 25.9. The number of nitrogens with one attached hydrogen (secondary N) is 2. The Balaban J connectivity index is 2.05. The highest BCUT2D eigenvalue weighted by Gasteiger charge is 2.13. The number of halogens is 1. The Morgan fingerprint density at radius 1 is 1.20 bits per heavy atom. The largest absolute Gasteiger partial charge is 0.349 e. The minimum Gasteiger partial charge on any atom is -0.340 e. The van der Waals surface area contributed by atoms with Gasteiger partial charge in [0.2, 0.25) is 0 Å². The highest BCUT2D eigenvalue weighted by molar-refractivity contribution is 6.30. The molecule has 20 heavy (non-hydrogen) atoms. The van der Waals surface area contributed by atoms with E-state index in [4.69, 9.17) is 11.6 Å². The summed E-state index contributed by atoms with van der Waals surface area (Å²) in [6.45, 7) is 0. The molecule has 0 spiro atoms. The molecule has 7 nitrogen and oxygen atoms in total. The predicted molar refractivity (Wildman–Crippen MR) is 73.7 cm³/mol. The summed E-state index contributed by atoms with van der Waals surface area (Å²) >= 11 is 5.85. The lowest BCUT2D eigenvalue weighted by Gasteiger charge is -1.93. The second-order valence-electron chi connectivity index (χ2n) is 4.23. The van der Waals surface area contributed by atoms with Crippen molar-refractivity contribution in [2.75, 3.05) is 0 Å². The van der Waals surface area contributed by atoms with Crippen LogP contribution >= 0.6 is 11.6 Å². The average Bonchev–Trinajstić information content (AvgIpc) is 3.05. The minimum absolute atomic E-state index is 0.382. The summed E-state index contributed by atoms with van der Waals surface area (Å²) in [7, 11) is 0. The molecule has 1 aromatic carbocycles. The molecule has 98 valence electrons. The van der Waals surface area contributed by atoms with E-state index in [-0.39, 0.29) is 5.69 Å². The minimum atomic E-state index is -0.382. The third-order valence-corrected chi connectivity index (χ3v) is 3.24. The Kier molecular flexibility index (Phi) is 2.19. The van der Waals surface area contributed by atoms with Gasteiger partial charge in [-0.3, -0.25) is 4.98 Å². The maximum Gasteiger partial charge on any atom is 0.349 e. The molecule has 0 saturated heterocycles. The Morgan fingerprint density at radius 3 is 2.80 bits per heavy atom. The molecule has 0 bridgehead atoms. The molecule has 3 aromatic heterocycles. The van der Waals surface area contributed by atoms with E-state index in [1.54, 1.807) is 24.3 Å². The summed E-state index contributed by atoms with van der Waals surface area (Å²) in [5, 5.41) is 4.84. The van der Waals surface area contributed by atoms with Gasteiger partial charge in [-0.15, -0.1) is 5.10 Å². The van der Waals surface area contributed by atoms with Crippen molar-refractivity contribution in [1.82, 2.24) is 29.5 Å². The van der Waals surface area contributed by atoms with Crippen LogP contribution in [-0.2, 0) is 0 Å². The topological polar surface area (TPSA) is 91.7 Å². The van der Waals surface area contributed by atoms with E-state index in [9.17, 15) is 4.79 Å². The van der Waals surface area contributed by atoms with E-state index < -0.39 is 0 Å². The summed E-state index contributed by atoms with van der Waals surface area (Å²) in [5.74, 6) is 0.453. The first kappa shape index (κ1) is 11.2. The van der Waals surface area contributed by atoms with Gasteiger partial charge in [0.1, 0.15) is 5.52 Å². The van der Waals surface area contributed by atoms with Gasteiger partial charge in [0, 0.05) is 10.6 Å². The third-order valence-electron chi connectivity index (χ3n) is 2.99. The second kappa shape index (κ2) is 3.91. The van der Waals surface area contributed by atoms with Crippen LogP contribution in [0, 0.1) is 0 Å². The van der Waals surface area contributed by atoms with Gasteiger partial charge in [0.05, 0.1) is 6.33 Å². The number of nitrogens with zero attached hydrogens (tertiary/aromatic N) is 4. The Labute approximate surface area is 116 Å². The zero-order chi connectivity index (χ0) is 13.7.